The quantitative estimate of drug-likeness (QED) is 0.884. The van der Waals surface area contributed by atoms with Gasteiger partial charge in [0.2, 0.25) is 10.0 Å². The number of hydrogen-bond donors (Lipinski definition) is 1. The molecule has 1 aliphatic heterocycles. The first kappa shape index (κ1) is 12.5. The van der Waals surface area contributed by atoms with Crippen LogP contribution >= 0.6 is 0 Å². The Balaban J connectivity index is 2.36. The lowest BCUT2D eigenvalue weighted by molar-refractivity contribution is 0.275. The van der Waals surface area contributed by atoms with Crippen LogP contribution < -0.4 is 0 Å². The van der Waals surface area contributed by atoms with Gasteiger partial charge in [0.25, 0.3) is 0 Å². The summed E-state index contributed by atoms with van der Waals surface area (Å²) < 4.78 is 39.0. The molecule has 1 fully saturated rings. The molecule has 0 unspecified atom stereocenters. The number of rotatable bonds is 3. The summed E-state index contributed by atoms with van der Waals surface area (Å²) in [4.78, 5) is -0.0471. The molecule has 2 rings (SSSR count). The number of aliphatic hydroxyl groups excluding tert-OH is 1. The second kappa shape index (κ2) is 4.72. The molecule has 17 heavy (non-hydrogen) atoms. The molecule has 1 N–H and O–H groups in total. The molecule has 0 bridgehead atoms. The lowest BCUT2D eigenvalue weighted by Gasteiger charge is -2.15. The summed E-state index contributed by atoms with van der Waals surface area (Å²) in [5, 5.41) is 8.82. The van der Waals surface area contributed by atoms with E-state index >= 15 is 0 Å². The molecule has 1 aromatic rings. The molecule has 0 atom stereocenters. The van der Waals surface area contributed by atoms with E-state index in [0.29, 0.717) is 13.1 Å². The smallest absolute Gasteiger partial charge is 0.243 e. The Labute approximate surface area is 99.7 Å². The molecule has 0 saturated carbocycles. The third kappa shape index (κ3) is 2.34. The summed E-state index contributed by atoms with van der Waals surface area (Å²) in [6, 6.07) is 3.61. The van der Waals surface area contributed by atoms with Gasteiger partial charge in [0.15, 0.2) is 0 Å². The third-order valence-corrected chi connectivity index (χ3v) is 4.79. The van der Waals surface area contributed by atoms with Crippen LogP contribution in [0, 0.1) is 5.82 Å². The van der Waals surface area contributed by atoms with E-state index in [1.807, 2.05) is 0 Å². The van der Waals surface area contributed by atoms with Crippen molar-refractivity contribution in [1.82, 2.24) is 4.31 Å². The summed E-state index contributed by atoms with van der Waals surface area (Å²) in [6.45, 7) is 0.549. The van der Waals surface area contributed by atoms with E-state index in [4.69, 9.17) is 5.11 Å². The molecule has 0 radical (unpaired) electrons. The van der Waals surface area contributed by atoms with Crippen molar-refractivity contribution in [2.75, 3.05) is 13.1 Å². The number of aliphatic hydroxyl groups is 1. The van der Waals surface area contributed by atoms with E-state index in [-0.39, 0.29) is 10.5 Å². The fraction of sp³-hybridized carbons (Fsp3) is 0.455. The van der Waals surface area contributed by atoms with E-state index in [9.17, 15) is 12.8 Å². The standard InChI is InChI=1S/C11H14FNO3S/c12-11-7-10(4-3-9(11)8-14)17(15,16)13-5-1-2-6-13/h3-4,7,14H,1-2,5-6,8H2. The molecule has 0 amide bonds. The predicted molar refractivity (Wildman–Crippen MR) is 60.3 cm³/mol. The second-order valence-corrected chi connectivity index (χ2v) is 5.96. The second-order valence-electron chi connectivity index (χ2n) is 4.02. The highest BCUT2D eigenvalue weighted by atomic mass is 32.2. The Hall–Kier alpha value is -0.980. The maximum Gasteiger partial charge on any atom is 0.243 e. The number of benzene rings is 1. The fourth-order valence-electron chi connectivity index (χ4n) is 1.89. The zero-order chi connectivity index (χ0) is 12.5. The van der Waals surface area contributed by atoms with Gasteiger partial charge in [-0.2, -0.15) is 4.31 Å². The van der Waals surface area contributed by atoms with Crippen LogP contribution in [0.25, 0.3) is 0 Å². The molecule has 1 aliphatic rings. The summed E-state index contributed by atoms with van der Waals surface area (Å²) in [5.74, 6) is -0.687. The van der Waals surface area contributed by atoms with Crippen LogP contribution in [-0.2, 0) is 16.6 Å². The third-order valence-electron chi connectivity index (χ3n) is 2.90. The Bertz CT molecular complexity index is 509. The van der Waals surface area contributed by atoms with Crippen molar-refractivity contribution in [2.45, 2.75) is 24.3 Å². The average molecular weight is 259 g/mol. The van der Waals surface area contributed by atoms with Crippen LogP contribution in [0.4, 0.5) is 4.39 Å². The zero-order valence-electron chi connectivity index (χ0n) is 9.26. The van der Waals surface area contributed by atoms with Crippen molar-refractivity contribution in [3.05, 3.63) is 29.6 Å². The lowest BCUT2D eigenvalue weighted by Crippen LogP contribution is -2.27. The Morgan fingerprint density at radius 3 is 2.47 bits per heavy atom. The Kier molecular flexibility index (Phi) is 3.46. The maximum atomic E-state index is 13.4. The van der Waals surface area contributed by atoms with E-state index in [1.54, 1.807) is 0 Å². The van der Waals surface area contributed by atoms with Gasteiger partial charge in [-0.1, -0.05) is 6.07 Å². The molecule has 1 heterocycles. The van der Waals surface area contributed by atoms with Gasteiger partial charge < -0.3 is 5.11 Å². The number of sulfonamides is 1. The van der Waals surface area contributed by atoms with Crippen molar-refractivity contribution in [3.8, 4) is 0 Å². The number of halogens is 1. The monoisotopic (exact) mass is 259 g/mol. The largest absolute Gasteiger partial charge is 0.392 e. The van der Waals surface area contributed by atoms with Gasteiger partial charge in [0, 0.05) is 18.7 Å². The molecule has 1 saturated heterocycles. The van der Waals surface area contributed by atoms with Gasteiger partial charge >= 0.3 is 0 Å². The molecule has 0 aliphatic carbocycles. The summed E-state index contributed by atoms with van der Waals surface area (Å²) in [7, 11) is -3.57. The van der Waals surface area contributed by atoms with Crippen molar-refractivity contribution in [1.29, 1.82) is 0 Å². The first-order valence-corrected chi connectivity index (χ1v) is 6.89. The highest BCUT2D eigenvalue weighted by Crippen LogP contribution is 2.22. The van der Waals surface area contributed by atoms with Gasteiger partial charge in [-0.15, -0.1) is 0 Å². The highest BCUT2D eigenvalue weighted by molar-refractivity contribution is 7.89. The number of hydrogen-bond acceptors (Lipinski definition) is 3. The molecule has 4 nitrogen and oxygen atoms in total. The van der Waals surface area contributed by atoms with Crippen LogP contribution in [0.1, 0.15) is 18.4 Å². The SMILES string of the molecule is O=S(=O)(c1ccc(CO)c(F)c1)N1CCCC1. The minimum Gasteiger partial charge on any atom is -0.392 e. The Morgan fingerprint density at radius 2 is 1.94 bits per heavy atom. The predicted octanol–water partition coefficient (Wildman–Crippen LogP) is 1.10. The van der Waals surface area contributed by atoms with Crippen LogP contribution in [0.15, 0.2) is 23.1 Å². The molecule has 94 valence electrons. The normalized spacial score (nSPS) is 17.5. The van der Waals surface area contributed by atoms with E-state index in [1.165, 1.54) is 16.4 Å². The molecule has 6 heteroatoms. The Morgan fingerprint density at radius 1 is 1.29 bits per heavy atom. The van der Waals surface area contributed by atoms with Gasteiger partial charge in [-0.3, -0.25) is 0 Å². The molecule has 0 aromatic heterocycles. The van der Waals surface area contributed by atoms with Crippen molar-refractivity contribution in [3.63, 3.8) is 0 Å². The van der Waals surface area contributed by atoms with Crippen LogP contribution in [0.3, 0.4) is 0 Å². The van der Waals surface area contributed by atoms with Crippen molar-refractivity contribution in [2.24, 2.45) is 0 Å². The fourth-order valence-corrected chi connectivity index (χ4v) is 3.42. The maximum absolute atomic E-state index is 13.4. The minimum atomic E-state index is -3.57. The van der Waals surface area contributed by atoms with E-state index in [2.05, 4.69) is 0 Å². The van der Waals surface area contributed by atoms with Gasteiger partial charge in [-0.05, 0) is 25.0 Å². The zero-order valence-corrected chi connectivity index (χ0v) is 10.1. The van der Waals surface area contributed by atoms with E-state index < -0.39 is 22.4 Å². The summed E-state index contributed by atoms with van der Waals surface area (Å²) >= 11 is 0. The minimum absolute atomic E-state index is 0.0471. The topological polar surface area (TPSA) is 57.6 Å². The average Bonchev–Trinajstić information content (AvgIpc) is 2.83. The summed E-state index contributed by atoms with van der Waals surface area (Å²) in [6.07, 6.45) is 1.69. The molecular weight excluding hydrogens is 245 g/mol. The highest BCUT2D eigenvalue weighted by Gasteiger charge is 2.27. The van der Waals surface area contributed by atoms with Crippen molar-refractivity contribution < 1.29 is 17.9 Å². The van der Waals surface area contributed by atoms with Gasteiger partial charge in [0.05, 0.1) is 11.5 Å². The van der Waals surface area contributed by atoms with Crippen LogP contribution in [-0.4, -0.2) is 30.9 Å². The molecular formula is C11H14FNO3S. The first-order valence-electron chi connectivity index (χ1n) is 5.45. The van der Waals surface area contributed by atoms with Crippen molar-refractivity contribution >= 4 is 10.0 Å². The summed E-state index contributed by atoms with van der Waals surface area (Å²) in [5.41, 5.74) is 0.102. The number of nitrogens with zero attached hydrogens (tertiary/aromatic N) is 1. The van der Waals surface area contributed by atoms with Gasteiger partial charge in [-0.25, -0.2) is 12.8 Å². The van der Waals surface area contributed by atoms with E-state index in [0.717, 1.165) is 18.9 Å². The van der Waals surface area contributed by atoms with Crippen LogP contribution in [0.5, 0.6) is 0 Å². The lowest BCUT2D eigenvalue weighted by atomic mass is 10.2. The van der Waals surface area contributed by atoms with Gasteiger partial charge in [0.1, 0.15) is 5.82 Å². The van der Waals surface area contributed by atoms with Crippen LogP contribution in [0.2, 0.25) is 0 Å². The first-order chi connectivity index (χ1) is 8.05. The molecule has 1 aromatic carbocycles. The molecule has 0 spiro atoms.